The maximum atomic E-state index is 14.5. The third-order valence-corrected chi connectivity index (χ3v) is 12.4. The second-order valence-corrected chi connectivity index (χ2v) is 18.8. The predicted molar refractivity (Wildman–Crippen MR) is 270 cm³/mol. The van der Waals surface area contributed by atoms with E-state index in [1.54, 1.807) is 42.5 Å². The highest BCUT2D eigenvalue weighted by atomic mass is 35.5. The molecule has 0 radical (unpaired) electrons. The minimum absolute atomic E-state index is 0.0269. The average Bonchev–Trinajstić information content (AvgIpc) is 3.84. The fourth-order valence-corrected chi connectivity index (χ4v) is 8.41. The number of nitrogens with one attached hydrogen (secondary N) is 7. The third-order valence-electron chi connectivity index (χ3n) is 12.2. The number of fused-ring (bicyclic) bond motifs is 1. The van der Waals surface area contributed by atoms with E-state index in [0.717, 1.165) is 16.3 Å². The first-order valence-corrected chi connectivity index (χ1v) is 24.5. The standard InChI is InChI=1S/C52H67ClN10O8/c1-31(2)55-24-11-9-16-41(52(71)63-26-12-17-45(63)51(70)57-32(3)46(54)65)60-47(66)33(4)58-48(67)44(30-40-15-8-10-25-56-40)62-50(69)43(28-35-19-22-39(53)23-20-35)61-49(68)42(59-34(5)64)29-36-18-21-37-13-6-7-14-38(37)27-36/h6-8,10,13-15,18-23,25,27,31-33,41-45,55H,9,11-12,16-17,24,26,28-30H2,1-5H3,(H2,54,65)(H,57,70)(H,58,67)(H,59,64)(H,60,66)(H,61,68)(H,62,69)/t32-,33-,41+,42-,43+,44+,45+/m0/s1. The van der Waals surface area contributed by atoms with Crippen LogP contribution in [0.15, 0.2) is 91.1 Å². The van der Waals surface area contributed by atoms with Crippen molar-refractivity contribution in [2.75, 3.05) is 13.1 Å². The Morgan fingerprint density at radius 1 is 0.662 bits per heavy atom. The number of primary amides is 1. The van der Waals surface area contributed by atoms with Gasteiger partial charge in [-0.05, 0) is 98.7 Å². The molecule has 0 unspecified atom stereocenters. The number of rotatable bonds is 25. The molecule has 0 spiro atoms. The Balaban J connectivity index is 1.35. The predicted octanol–water partition coefficient (Wildman–Crippen LogP) is 2.53. The van der Waals surface area contributed by atoms with Crippen LogP contribution in [0.2, 0.25) is 5.02 Å². The Labute approximate surface area is 419 Å². The van der Waals surface area contributed by atoms with Crippen molar-refractivity contribution in [1.29, 1.82) is 0 Å². The number of benzene rings is 3. The summed E-state index contributed by atoms with van der Waals surface area (Å²) >= 11 is 6.18. The Kier molecular flexibility index (Phi) is 20.8. The van der Waals surface area contributed by atoms with E-state index in [-0.39, 0.29) is 38.3 Å². The fourth-order valence-electron chi connectivity index (χ4n) is 8.29. The molecule has 1 fully saturated rings. The molecular formula is C52H67ClN10O8. The van der Waals surface area contributed by atoms with Crippen molar-refractivity contribution >= 4 is 69.6 Å². The van der Waals surface area contributed by atoms with Crippen molar-refractivity contribution in [3.63, 3.8) is 0 Å². The zero-order valence-electron chi connectivity index (χ0n) is 41.0. The number of amides is 8. The summed E-state index contributed by atoms with van der Waals surface area (Å²) < 4.78 is 0. The van der Waals surface area contributed by atoms with Gasteiger partial charge < -0.3 is 47.9 Å². The number of aromatic nitrogens is 1. The first kappa shape index (κ1) is 55.0. The summed E-state index contributed by atoms with van der Waals surface area (Å²) in [6.45, 7) is 9.16. The van der Waals surface area contributed by atoms with Crippen LogP contribution in [-0.2, 0) is 57.6 Å². The first-order chi connectivity index (χ1) is 33.9. The smallest absolute Gasteiger partial charge is 0.245 e. The SMILES string of the molecule is CC(=O)N[C@@H](Cc1ccc2ccccc2c1)C(=O)N[C@H](Cc1ccc(Cl)cc1)C(=O)N[C@H](Cc1ccccn1)C(=O)N[C@@H](C)C(=O)N[C@H](CCCCNC(C)C)C(=O)N1CCC[C@@H]1C(=O)N[C@@H](C)C(N)=O. The van der Waals surface area contributed by atoms with E-state index in [1.807, 2.05) is 56.3 Å². The van der Waals surface area contributed by atoms with Crippen LogP contribution < -0.4 is 43.0 Å². The molecule has 0 aliphatic carbocycles. The van der Waals surface area contributed by atoms with Crippen LogP contribution >= 0.6 is 11.6 Å². The zero-order valence-corrected chi connectivity index (χ0v) is 41.7. The Morgan fingerprint density at radius 3 is 1.92 bits per heavy atom. The van der Waals surface area contributed by atoms with E-state index >= 15 is 0 Å². The van der Waals surface area contributed by atoms with Crippen LogP contribution in [0.25, 0.3) is 10.8 Å². The van der Waals surface area contributed by atoms with Gasteiger partial charge in [-0.15, -0.1) is 0 Å². The van der Waals surface area contributed by atoms with Crippen molar-refractivity contribution in [2.24, 2.45) is 5.73 Å². The molecule has 71 heavy (non-hydrogen) atoms. The molecule has 1 saturated heterocycles. The van der Waals surface area contributed by atoms with Gasteiger partial charge in [0.1, 0.15) is 42.3 Å². The van der Waals surface area contributed by atoms with E-state index in [1.165, 1.54) is 31.9 Å². The number of unbranched alkanes of at least 4 members (excludes halogenated alkanes) is 1. The van der Waals surface area contributed by atoms with E-state index in [9.17, 15) is 38.4 Å². The summed E-state index contributed by atoms with van der Waals surface area (Å²) in [5.74, 6) is -5.01. The second kappa shape index (κ2) is 26.9. The molecule has 18 nitrogen and oxygen atoms in total. The van der Waals surface area contributed by atoms with Crippen LogP contribution in [0.5, 0.6) is 0 Å². The number of carbonyl (C=O) groups is 8. The molecule has 380 valence electrons. The third kappa shape index (κ3) is 17.2. The summed E-state index contributed by atoms with van der Waals surface area (Å²) in [7, 11) is 0. The Bertz CT molecular complexity index is 2490. The van der Waals surface area contributed by atoms with E-state index < -0.39 is 89.6 Å². The molecule has 9 N–H and O–H groups in total. The Hall–Kier alpha value is -6.92. The van der Waals surface area contributed by atoms with Crippen molar-refractivity contribution in [3.8, 4) is 0 Å². The number of hydrogen-bond donors (Lipinski definition) is 8. The quantitative estimate of drug-likeness (QED) is 0.0450. The lowest BCUT2D eigenvalue weighted by Crippen LogP contribution is -2.60. The van der Waals surface area contributed by atoms with Crippen LogP contribution in [-0.4, -0.2) is 119 Å². The summed E-state index contributed by atoms with van der Waals surface area (Å²) in [4.78, 5) is 114. The molecule has 19 heteroatoms. The maximum Gasteiger partial charge on any atom is 0.245 e. The van der Waals surface area contributed by atoms with Gasteiger partial charge in [-0.2, -0.15) is 0 Å². The molecule has 1 aliphatic rings. The molecule has 8 amide bonds. The number of pyridine rings is 1. The molecule has 0 bridgehead atoms. The van der Waals surface area contributed by atoms with Crippen molar-refractivity contribution in [1.82, 2.24) is 47.1 Å². The Morgan fingerprint density at radius 2 is 1.27 bits per heavy atom. The van der Waals surface area contributed by atoms with Crippen molar-refractivity contribution in [3.05, 3.63) is 113 Å². The van der Waals surface area contributed by atoms with Crippen LogP contribution in [0.3, 0.4) is 0 Å². The molecule has 1 aromatic heterocycles. The van der Waals surface area contributed by atoms with Gasteiger partial charge in [0, 0.05) is 55.7 Å². The van der Waals surface area contributed by atoms with Crippen molar-refractivity contribution < 1.29 is 38.4 Å². The highest BCUT2D eigenvalue weighted by molar-refractivity contribution is 6.30. The molecule has 0 saturated carbocycles. The normalized spacial score (nSPS) is 15.9. The van der Waals surface area contributed by atoms with Crippen LogP contribution in [0, 0.1) is 0 Å². The molecular weight excluding hydrogens is 928 g/mol. The fraction of sp³-hybridized carbons (Fsp3) is 0.442. The minimum atomic E-state index is -1.32. The van der Waals surface area contributed by atoms with Gasteiger partial charge >= 0.3 is 0 Å². The van der Waals surface area contributed by atoms with Gasteiger partial charge in [0.05, 0.1) is 0 Å². The van der Waals surface area contributed by atoms with Crippen LogP contribution in [0.4, 0.5) is 0 Å². The lowest BCUT2D eigenvalue weighted by Gasteiger charge is -2.30. The van der Waals surface area contributed by atoms with Gasteiger partial charge in [0.2, 0.25) is 47.3 Å². The second-order valence-electron chi connectivity index (χ2n) is 18.3. The summed E-state index contributed by atoms with van der Waals surface area (Å²) in [6.07, 6.45) is 3.85. The molecule has 4 aromatic rings. The van der Waals surface area contributed by atoms with E-state index in [4.69, 9.17) is 17.3 Å². The number of nitrogens with two attached hydrogens (primary N) is 1. The van der Waals surface area contributed by atoms with Gasteiger partial charge in [-0.25, -0.2) is 0 Å². The molecule has 3 aromatic carbocycles. The van der Waals surface area contributed by atoms with E-state index in [0.29, 0.717) is 48.5 Å². The average molecular weight is 996 g/mol. The molecule has 7 atom stereocenters. The summed E-state index contributed by atoms with van der Waals surface area (Å²) in [5.41, 5.74) is 7.22. The minimum Gasteiger partial charge on any atom is -0.368 e. The number of carbonyl (C=O) groups excluding carboxylic acids is 8. The highest BCUT2D eigenvalue weighted by Crippen LogP contribution is 2.21. The monoisotopic (exact) mass is 994 g/mol. The summed E-state index contributed by atoms with van der Waals surface area (Å²) in [5, 5.41) is 22.2. The van der Waals surface area contributed by atoms with Gasteiger partial charge in [-0.1, -0.05) is 86.1 Å². The summed E-state index contributed by atoms with van der Waals surface area (Å²) in [6, 6.07) is 17.7. The van der Waals surface area contributed by atoms with Crippen molar-refractivity contribution in [2.45, 2.75) is 134 Å². The van der Waals surface area contributed by atoms with Gasteiger partial charge in [-0.3, -0.25) is 43.3 Å². The number of nitrogens with zero attached hydrogens (tertiary/aromatic N) is 2. The lowest BCUT2D eigenvalue weighted by atomic mass is 9.99. The van der Waals surface area contributed by atoms with E-state index in [2.05, 4.69) is 42.2 Å². The maximum absolute atomic E-state index is 14.5. The molecule has 5 rings (SSSR count). The zero-order chi connectivity index (χ0) is 51.6. The lowest BCUT2D eigenvalue weighted by molar-refractivity contribution is -0.142. The first-order valence-electron chi connectivity index (χ1n) is 24.1. The highest BCUT2D eigenvalue weighted by Gasteiger charge is 2.39. The number of halogens is 1. The van der Waals surface area contributed by atoms with Crippen LogP contribution in [0.1, 0.15) is 83.5 Å². The number of hydrogen-bond acceptors (Lipinski definition) is 10. The number of likely N-dealkylation sites (tertiary alicyclic amines) is 1. The van der Waals surface area contributed by atoms with Gasteiger partial charge in [0.25, 0.3) is 0 Å². The topological polar surface area (TPSA) is 263 Å². The largest absolute Gasteiger partial charge is 0.368 e. The van der Waals surface area contributed by atoms with Gasteiger partial charge in [0.15, 0.2) is 0 Å². The molecule has 1 aliphatic heterocycles. The molecule has 2 heterocycles.